The summed E-state index contributed by atoms with van der Waals surface area (Å²) in [6, 6.07) is 13.6. The molecule has 6 nitrogen and oxygen atoms in total. The van der Waals surface area contributed by atoms with Gasteiger partial charge >= 0.3 is 0 Å². The molecule has 0 unspecified atom stereocenters. The zero-order chi connectivity index (χ0) is 19.3. The lowest BCUT2D eigenvalue weighted by molar-refractivity contribution is -0.171. The molecule has 0 saturated carbocycles. The molecule has 1 fully saturated rings. The molecule has 3 rings (SSSR count). The lowest BCUT2D eigenvalue weighted by Gasteiger charge is -2.28. The minimum Gasteiger partial charge on any atom is -0.497 e. The molecule has 27 heavy (non-hydrogen) atoms. The molecule has 8 heteroatoms. The first-order valence-electron chi connectivity index (χ1n) is 8.63. The smallest absolute Gasteiger partial charge is 0.240 e. The van der Waals surface area contributed by atoms with Gasteiger partial charge in [-0.25, -0.2) is 13.1 Å². The monoisotopic (exact) mass is 411 g/mol. The first kappa shape index (κ1) is 20.1. The molecule has 1 aliphatic heterocycles. The number of halogens is 1. The number of hydrogen-bond donors (Lipinski definition) is 1. The second-order valence-electron chi connectivity index (χ2n) is 6.13. The molecule has 0 bridgehead atoms. The van der Waals surface area contributed by atoms with Crippen molar-refractivity contribution >= 4 is 21.6 Å². The Morgan fingerprint density at radius 2 is 1.70 bits per heavy atom. The average molecular weight is 412 g/mol. The quantitative estimate of drug-likeness (QED) is 0.674. The van der Waals surface area contributed by atoms with Crippen LogP contribution in [0.2, 0.25) is 5.02 Å². The summed E-state index contributed by atoms with van der Waals surface area (Å²) in [5, 5.41) is 0.638. The summed E-state index contributed by atoms with van der Waals surface area (Å²) in [4.78, 5) is 0.198. The van der Waals surface area contributed by atoms with Crippen molar-refractivity contribution in [2.24, 2.45) is 0 Å². The molecule has 2 aromatic rings. The van der Waals surface area contributed by atoms with E-state index in [1.165, 1.54) is 19.2 Å². The standard InChI is InChI=1S/C19H22ClNO5S/c1-24-17-7-9-18(10-8-17)27(22,23)21-12-2-11-19(25-13-14-26-19)15-3-5-16(20)6-4-15/h3-10,21H,2,11-14H2,1H3. The third-order valence-corrected chi connectivity index (χ3v) is 6.11. The molecular formula is C19H22ClNO5S. The van der Waals surface area contributed by atoms with Gasteiger partial charge in [0.1, 0.15) is 5.75 Å². The van der Waals surface area contributed by atoms with Gasteiger partial charge in [0.15, 0.2) is 5.79 Å². The van der Waals surface area contributed by atoms with E-state index in [2.05, 4.69) is 4.72 Å². The lowest BCUT2D eigenvalue weighted by atomic mass is 10.0. The summed E-state index contributed by atoms with van der Waals surface area (Å²) in [6.45, 7) is 1.27. The molecule has 0 spiro atoms. The van der Waals surface area contributed by atoms with E-state index in [1.54, 1.807) is 24.3 Å². The summed E-state index contributed by atoms with van der Waals surface area (Å²) in [5.74, 6) is -0.245. The van der Waals surface area contributed by atoms with Crippen LogP contribution in [0.5, 0.6) is 5.75 Å². The van der Waals surface area contributed by atoms with Crippen LogP contribution >= 0.6 is 11.6 Å². The molecule has 2 aromatic carbocycles. The fourth-order valence-corrected chi connectivity index (χ4v) is 4.18. The Labute approximate surface area is 164 Å². The minimum atomic E-state index is -3.58. The van der Waals surface area contributed by atoms with Gasteiger partial charge in [0.25, 0.3) is 0 Å². The number of ether oxygens (including phenoxy) is 3. The van der Waals surface area contributed by atoms with Crippen LogP contribution in [0.3, 0.4) is 0 Å². The Bertz CT molecular complexity index is 847. The maximum atomic E-state index is 12.4. The molecule has 0 aliphatic carbocycles. The maximum Gasteiger partial charge on any atom is 0.240 e. The van der Waals surface area contributed by atoms with E-state index in [0.29, 0.717) is 36.8 Å². The van der Waals surface area contributed by atoms with Crippen molar-refractivity contribution in [2.75, 3.05) is 26.9 Å². The van der Waals surface area contributed by atoms with Crippen molar-refractivity contribution < 1.29 is 22.6 Å². The molecule has 0 aromatic heterocycles. The fourth-order valence-electron chi connectivity index (χ4n) is 2.98. The average Bonchev–Trinajstić information content (AvgIpc) is 3.16. The Morgan fingerprint density at radius 1 is 1.07 bits per heavy atom. The number of rotatable bonds is 8. The van der Waals surface area contributed by atoms with Gasteiger partial charge in [0, 0.05) is 23.6 Å². The van der Waals surface area contributed by atoms with Crippen molar-refractivity contribution in [1.29, 1.82) is 0 Å². The molecule has 0 atom stereocenters. The van der Waals surface area contributed by atoms with Crippen LogP contribution in [0.15, 0.2) is 53.4 Å². The van der Waals surface area contributed by atoms with Crippen molar-refractivity contribution in [3.63, 3.8) is 0 Å². The molecule has 146 valence electrons. The summed E-state index contributed by atoms with van der Waals surface area (Å²) in [5.41, 5.74) is 0.877. The van der Waals surface area contributed by atoms with Crippen molar-refractivity contribution in [3.05, 3.63) is 59.1 Å². The van der Waals surface area contributed by atoms with Crippen molar-refractivity contribution in [3.8, 4) is 5.75 Å². The Balaban J connectivity index is 1.59. The zero-order valence-electron chi connectivity index (χ0n) is 15.0. The summed E-state index contributed by atoms with van der Waals surface area (Å²) < 4.78 is 44.1. The van der Waals surface area contributed by atoms with Gasteiger partial charge < -0.3 is 14.2 Å². The predicted octanol–water partition coefficient (Wildman–Crippen LogP) is 3.31. The minimum absolute atomic E-state index is 0.198. The highest BCUT2D eigenvalue weighted by Crippen LogP contribution is 2.36. The summed E-state index contributed by atoms with van der Waals surface area (Å²) >= 11 is 5.95. The van der Waals surface area contributed by atoms with E-state index in [9.17, 15) is 8.42 Å². The molecule has 1 aliphatic rings. The first-order chi connectivity index (χ1) is 13.0. The van der Waals surface area contributed by atoms with E-state index in [1.807, 2.05) is 12.1 Å². The number of benzene rings is 2. The Morgan fingerprint density at radius 3 is 2.30 bits per heavy atom. The van der Waals surface area contributed by atoms with Gasteiger partial charge in [-0.3, -0.25) is 0 Å². The summed E-state index contributed by atoms with van der Waals surface area (Å²) in [6.07, 6.45) is 1.08. The van der Waals surface area contributed by atoms with Crippen LogP contribution in [0.25, 0.3) is 0 Å². The number of nitrogens with one attached hydrogen (secondary N) is 1. The SMILES string of the molecule is COc1ccc(S(=O)(=O)NCCCC2(c3ccc(Cl)cc3)OCCO2)cc1. The van der Waals surface area contributed by atoms with Gasteiger partial charge in [0.2, 0.25) is 10.0 Å². The zero-order valence-corrected chi connectivity index (χ0v) is 16.6. The van der Waals surface area contributed by atoms with E-state index in [-0.39, 0.29) is 11.4 Å². The molecule has 1 N–H and O–H groups in total. The highest BCUT2D eigenvalue weighted by molar-refractivity contribution is 7.89. The number of sulfonamides is 1. The Kier molecular flexibility index (Phi) is 6.39. The molecular weight excluding hydrogens is 390 g/mol. The Hall–Kier alpha value is -1.64. The van der Waals surface area contributed by atoms with E-state index < -0.39 is 15.8 Å². The van der Waals surface area contributed by atoms with Gasteiger partial charge in [-0.05, 0) is 42.8 Å². The van der Waals surface area contributed by atoms with Gasteiger partial charge in [-0.2, -0.15) is 0 Å². The second kappa shape index (κ2) is 8.58. The second-order valence-corrected chi connectivity index (χ2v) is 8.34. The molecule has 1 saturated heterocycles. The maximum absolute atomic E-state index is 12.4. The predicted molar refractivity (Wildman–Crippen MR) is 102 cm³/mol. The van der Waals surface area contributed by atoms with E-state index in [4.69, 9.17) is 25.8 Å². The van der Waals surface area contributed by atoms with Crippen LogP contribution < -0.4 is 9.46 Å². The number of methoxy groups -OCH3 is 1. The van der Waals surface area contributed by atoms with Gasteiger partial charge in [-0.15, -0.1) is 0 Å². The van der Waals surface area contributed by atoms with Crippen LogP contribution in [0.4, 0.5) is 0 Å². The van der Waals surface area contributed by atoms with Crippen LogP contribution in [-0.4, -0.2) is 35.3 Å². The molecule has 0 amide bonds. The number of hydrogen-bond acceptors (Lipinski definition) is 5. The fraction of sp³-hybridized carbons (Fsp3) is 0.368. The highest BCUT2D eigenvalue weighted by atomic mass is 35.5. The topological polar surface area (TPSA) is 73.9 Å². The first-order valence-corrected chi connectivity index (χ1v) is 10.5. The molecule has 1 heterocycles. The third kappa shape index (κ3) is 4.80. The van der Waals surface area contributed by atoms with Crippen LogP contribution in [0, 0.1) is 0 Å². The normalized spacial score (nSPS) is 16.4. The van der Waals surface area contributed by atoms with Crippen LogP contribution in [0.1, 0.15) is 18.4 Å². The molecule has 0 radical (unpaired) electrons. The lowest BCUT2D eigenvalue weighted by Crippen LogP contribution is -2.30. The van der Waals surface area contributed by atoms with Gasteiger partial charge in [-0.1, -0.05) is 23.7 Å². The van der Waals surface area contributed by atoms with Crippen molar-refractivity contribution in [2.45, 2.75) is 23.5 Å². The highest BCUT2D eigenvalue weighted by Gasteiger charge is 2.38. The third-order valence-electron chi connectivity index (χ3n) is 4.38. The van der Waals surface area contributed by atoms with Crippen LogP contribution in [-0.2, 0) is 25.3 Å². The van der Waals surface area contributed by atoms with E-state index >= 15 is 0 Å². The van der Waals surface area contributed by atoms with Crippen molar-refractivity contribution in [1.82, 2.24) is 4.72 Å². The van der Waals surface area contributed by atoms with E-state index in [0.717, 1.165) is 5.56 Å². The summed E-state index contributed by atoms with van der Waals surface area (Å²) in [7, 11) is -2.04. The van der Waals surface area contributed by atoms with Gasteiger partial charge in [0.05, 0.1) is 25.2 Å². The largest absolute Gasteiger partial charge is 0.497 e.